The highest BCUT2D eigenvalue weighted by Crippen LogP contribution is 2.24. The second-order valence-corrected chi connectivity index (χ2v) is 6.30. The van der Waals surface area contributed by atoms with Crippen LogP contribution < -0.4 is 14.5 Å². The summed E-state index contributed by atoms with van der Waals surface area (Å²) in [4.78, 5) is 14.0. The second kappa shape index (κ2) is 7.44. The largest absolute Gasteiger partial charge is 0.497 e. The van der Waals surface area contributed by atoms with E-state index < -0.39 is 0 Å². The molecule has 0 amide bonds. The smallest absolute Gasteiger partial charge is 0.147 e. The number of hydrogen-bond donors (Lipinski definition) is 0. The van der Waals surface area contributed by atoms with Crippen molar-refractivity contribution in [2.75, 3.05) is 43.1 Å². The van der Waals surface area contributed by atoms with Crippen LogP contribution in [0, 0.1) is 0 Å². The average molecular weight is 346 g/mol. The predicted molar refractivity (Wildman–Crippen MR) is 105 cm³/mol. The van der Waals surface area contributed by atoms with Crippen molar-refractivity contribution in [2.45, 2.75) is 0 Å². The molecule has 1 fully saturated rings. The van der Waals surface area contributed by atoms with Crippen LogP contribution in [-0.2, 0) is 0 Å². The van der Waals surface area contributed by atoms with Crippen molar-refractivity contribution < 1.29 is 4.74 Å². The van der Waals surface area contributed by atoms with Gasteiger partial charge < -0.3 is 14.5 Å². The fourth-order valence-corrected chi connectivity index (χ4v) is 3.26. The molecule has 1 aliphatic heterocycles. The lowest BCUT2D eigenvalue weighted by molar-refractivity contribution is 0.415. The molecule has 1 saturated heterocycles. The molecular formula is C21H22N4O. The van der Waals surface area contributed by atoms with Gasteiger partial charge in [0.1, 0.15) is 11.6 Å². The normalized spacial score (nSPS) is 14.3. The maximum absolute atomic E-state index is 5.31. The van der Waals surface area contributed by atoms with E-state index in [0.717, 1.165) is 49.0 Å². The van der Waals surface area contributed by atoms with Gasteiger partial charge in [-0.1, -0.05) is 30.3 Å². The van der Waals surface area contributed by atoms with Crippen molar-refractivity contribution in [3.05, 3.63) is 67.0 Å². The summed E-state index contributed by atoms with van der Waals surface area (Å²) in [5, 5.41) is 0. The molecule has 0 atom stereocenters. The van der Waals surface area contributed by atoms with Gasteiger partial charge in [0.2, 0.25) is 0 Å². The lowest BCUT2D eigenvalue weighted by Gasteiger charge is -2.36. The standard InChI is InChI=1S/C21H22N4O/c1-26-19-9-5-6-17(14-19)20-15-22-16-21(23-20)25-12-10-24(11-13-25)18-7-3-2-4-8-18/h2-9,14-16H,10-13H2,1H3. The maximum Gasteiger partial charge on any atom is 0.147 e. The molecule has 1 aromatic heterocycles. The number of methoxy groups -OCH3 is 1. The third-order valence-electron chi connectivity index (χ3n) is 4.71. The first-order valence-corrected chi connectivity index (χ1v) is 8.85. The van der Waals surface area contributed by atoms with Gasteiger partial charge in [-0.3, -0.25) is 4.98 Å². The molecule has 0 unspecified atom stereocenters. The van der Waals surface area contributed by atoms with Crippen molar-refractivity contribution >= 4 is 11.5 Å². The molecule has 0 radical (unpaired) electrons. The highest BCUT2D eigenvalue weighted by Gasteiger charge is 2.19. The predicted octanol–water partition coefficient (Wildman–Crippen LogP) is 3.48. The number of ether oxygens (including phenoxy) is 1. The molecule has 0 aliphatic carbocycles. The number of para-hydroxylation sites is 1. The number of anilines is 2. The van der Waals surface area contributed by atoms with Gasteiger partial charge in [0, 0.05) is 37.4 Å². The van der Waals surface area contributed by atoms with Crippen LogP contribution in [0.15, 0.2) is 67.0 Å². The number of hydrogen-bond acceptors (Lipinski definition) is 5. The number of piperazine rings is 1. The Morgan fingerprint density at radius 2 is 1.62 bits per heavy atom. The molecule has 3 aromatic rings. The van der Waals surface area contributed by atoms with E-state index in [2.05, 4.69) is 45.1 Å². The van der Waals surface area contributed by atoms with Crippen LogP contribution in [0.4, 0.5) is 11.5 Å². The summed E-state index contributed by atoms with van der Waals surface area (Å²) in [6.45, 7) is 3.83. The lowest BCUT2D eigenvalue weighted by atomic mass is 10.1. The van der Waals surface area contributed by atoms with E-state index in [-0.39, 0.29) is 0 Å². The maximum atomic E-state index is 5.31. The highest BCUT2D eigenvalue weighted by atomic mass is 16.5. The van der Waals surface area contributed by atoms with Crippen LogP contribution in [0.25, 0.3) is 11.3 Å². The van der Waals surface area contributed by atoms with Gasteiger partial charge >= 0.3 is 0 Å². The van der Waals surface area contributed by atoms with Crippen molar-refractivity contribution in [1.82, 2.24) is 9.97 Å². The molecule has 26 heavy (non-hydrogen) atoms. The molecule has 5 heteroatoms. The minimum atomic E-state index is 0.825. The SMILES string of the molecule is COc1cccc(-c2cncc(N3CCN(c4ccccc4)CC3)n2)c1. The van der Waals surface area contributed by atoms with Crippen LogP contribution in [0.2, 0.25) is 0 Å². The summed E-state index contributed by atoms with van der Waals surface area (Å²) in [6.07, 6.45) is 3.65. The fourth-order valence-electron chi connectivity index (χ4n) is 3.26. The summed E-state index contributed by atoms with van der Waals surface area (Å²) in [5.41, 5.74) is 3.16. The third kappa shape index (κ3) is 3.47. The molecule has 4 rings (SSSR count). The Morgan fingerprint density at radius 3 is 2.38 bits per heavy atom. The first kappa shape index (κ1) is 16.4. The summed E-state index contributed by atoms with van der Waals surface area (Å²) < 4.78 is 5.31. The van der Waals surface area contributed by atoms with E-state index in [1.165, 1.54) is 5.69 Å². The topological polar surface area (TPSA) is 41.5 Å². The molecule has 0 saturated carbocycles. The van der Waals surface area contributed by atoms with Gasteiger partial charge in [-0.25, -0.2) is 4.98 Å². The van der Waals surface area contributed by atoms with Crippen LogP contribution in [-0.4, -0.2) is 43.3 Å². The van der Waals surface area contributed by atoms with Gasteiger partial charge in [0.05, 0.1) is 25.2 Å². The number of rotatable bonds is 4. The van der Waals surface area contributed by atoms with Gasteiger partial charge in [-0.05, 0) is 24.3 Å². The minimum Gasteiger partial charge on any atom is -0.497 e. The molecule has 0 bridgehead atoms. The number of benzene rings is 2. The Kier molecular flexibility index (Phi) is 4.69. The van der Waals surface area contributed by atoms with E-state index in [9.17, 15) is 0 Å². The number of nitrogens with zero attached hydrogens (tertiary/aromatic N) is 4. The van der Waals surface area contributed by atoms with Gasteiger partial charge in [0.25, 0.3) is 0 Å². The highest BCUT2D eigenvalue weighted by molar-refractivity contribution is 5.62. The summed E-state index contributed by atoms with van der Waals surface area (Å²) >= 11 is 0. The van der Waals surface area contributed by atoms with Gasteiger partial charge in [-0.2, -0.15) is 0 Å². The zero-order valence-electron chi connectivity index (χ0n) is 14.9. The van der Waals surface area contributed by atoms with Crippen LogP contribution in [0.5, 0.6) is 5.75 Å². The molecule has 1 aliphatic rings. The number of aromatic nitrogens is 2. The first-order valence-electron chi connectivity index (χ1n) is 8.85. The van der Waals surface area contributed by atoms with E-state index in [1.54, 1.807) is 13.3 Å². The molecule has 2 heterocycles. The Balaban J connectivity index is 1.49. The lowest BCUT2D eigenvalue weighted by Crippen LogP contribution is -2.46. The monoisotopic (exact) mass is 346 g/mol. The average Bonchev–Trinajstić information content (AvgIpc) is 2.75. The Morgan fingerprint density at radius 1 is 0.846 bits per heavy atom. The Labute approximate surface area is 153 Å². The van der Waals surface area contributed by atoms with Crippen LogP contribution in [0.1, 0.15) is 0 Å². The first-order chi connectivity index (χ1) is 12.8. The van der Waals surface area contributed by atoms with Crippen molar-refractivity contribution in [2.24, 2.45) is 0 Å². The van der Waals surface area contributed by atoms with Crippen LogP contribution in [0.3, 0.4) is 0 Å². The summed E-state index contributed by atoms with van der Waals surface area (Å²) in [6, 6.07) is 18.5. The molecule has 2 aromatic carbocycles. The van der Waals surface area contributed by atoms with E-state index >= 15 is 0 Å². The van der Waals surface area contributed by atoms with Crippen molar-refractivity contribution in [1.29, 1.82) is 0 Å². The van der Waals surface area contributed by atoms with E-state index in [0.29, 0.717) is 0 Å². The Hall–Kier alpha value is -3.08. The fraction of sp³-hybridized carbons (Fsp3) is 0.238. The molecule has 0 spiro atoms. The zero-order valence-corrected chi connectivity index (χ0v) is 14.9. The zero-order chi connectivity index (χ0) is 17.8. The minimum absolute atomic E-state index is 0.825. The van der Waals surface area contributed by atoms with Crippen molar-refractivity contribution in [3.63, 3.8) is 0 Å². The van der Waals surface area contributed by atoms with Crippen molar-refractivity contribution in [3.8, 4) is 17.0 Å². The van der Waals surface area contributed by atoms with E-state index in [1.807, 2.05) is 30.5 Å². The molecule has 132 valence electrons. The van der Waals surface area contributed by atoms with Gasteiger partial charge in [0.15, 0.2) is 0 Å². The molecular weight excluding hydrogens is 324 g/mol. The summed E-state index contributed by atoms with van der Waals surface area (Å²) in [7, 11) is 1.67. The van der Waals surface area contributed by atoms with Gasteiger partial charge in [-0.15, -0.1) is 0 Å². The Bertz CT molecular complexity index is 861. The van der Waals surface area contributed by atoms with E-state index in [4.69, 9.17) is 9.72 Å². The molecule has 5 nitrogen and oxygen atoms in total. The third-order valence-corrected chi connectivity index (χ3v) is 4.71. The molecule has 0 N–H and O–H groups in total. The quantitative estimate of drug-likeness (QED) is 0.723. The second-order valence-electron chi connectivity index (χ2n) is 6.30. The summed E-state index contributed by atoms with van der Waals surface area (Å²) in [5.74, 6) is 1.75. The van der Waals surface area contributed by atoms with Crippen LogP contribution >= 0.6 is 0 Å².